The van der Waals surface area contributed by atoms with Crippen molar-refractivity contribution in [1.82, 2.24) is 10.2 Å². The molecule has 4 heteroatoms. The molecule has 1 atom stereocenters. The van der Waals surface area contributed by atoms with Crippen LogP contribution in [0.4, 0.5) is 5.69 Å². The lowest BCUT2D eigenvalue weighted by Crippen LogP contribution is -2.39. The van der Waals surface area contributed by atoms with Gasteiger partial charge in [0, 0.05) is 18.3 Å². The van der Waals surface area contributed by atoms with Crippen LogP contribution in [0.1, 0.15) is 17.5 Å². The predicted octanol–water partition coefficient (Wildman–Crippen LogP) is 1.54. The van der Waals surface area contributed by atoms with Crippen molar-refractivity contribution < 1.29 is 4.79 Å². The SMILES string of the molecule is Cc1ccc(NC(=O)CN(C)C2CCNC2)cc1C. The van der Waals surface area contributed by atoms with Crippen LogP contribution in [0.15, 0.2) is 18.2 Å². The summed E-state index contributed by atoms with van der Waals surface area (Å²) in [6.45, 7) is 6.60. The summed E-state index contributed by atoms with van der Waals surface area (Å²) >= 11 is 0. The lowest BCUT2D eigenvalue weighted by atomic mass is 10.1. The lowest BCUT2D eigenvalue weighted by Gasteiger charge is -2.22. The Morgan fingerprint density at radius 2 is 2.21 bits per heavy atom. The van der Waals surface area contributed by atoms with Gasteiger partial charge in [-0.1, -0.05) is 6.07 Å². The standard InChI is InChI=1S/C15H23N3O/c1-11-4-5-13(8-12(11)2)17-15(19)10-18(3)14-6-7-16-9-14/h4-5,8,14,16H,6-7,9-10H2,1-3H3,(H,17,19). The Kier molecular flexibility index (Phi) is 4.56. The number of rotatable bonds is 4. The van der Waals surface area contributed by atoms with Gasteiger partial charge in [0.2, 0.25) is 5.91 Å². The van der Waals surface area contributed by atoms with Gasteiger partial charge < -0.3 is 10.6 Å². The molecule has 4 nitrogen and oxygen atoms in total. The fourth-order valence-corrected chi connectivity index (χ4v) is 2.39. The van der Waals surface area contributed by atoms with E-state index in [9.17, 15) is 4.79 Å². The summed E-state index contributed by atoms with van der Waals surface area (Å²) in [6.07, 6.45) is 1.12. The van der Waals surface area contributed by atoms with Gasteiger partial charge >= 0.3 is 0 Å². The fourth-order valence-electron chi connectivity index (χ4n) is 2.39. The second-order valence-electron chi connectivity index (χ2n) is 5.41. The number of hydrogen-bond donors (Lipinski definition) is 2. The van der Waals surface area contributed by atoms with Gasteiger partial charge in [0.15, 0.2) is 0 Å². The molecule has 0 spiro atoms. The van der Waals surface area contributed by atoms with Crippen LogP contribution in [0, 0.1) is 13.8 Å². The van der Waals surface area contributed by atoms with Crippen LogP contribution >= 0.6 is 0 Å². The Labute approximate surface area is 115 Å². The highest BCUT2D eigenvalue weighted by Crippen LogP contribution is 2.14. The molecule has 1 fully saturated rings. The zero-order chi connectivity index (χ0) is 13.8. The van der Waals surface area contributed by atoms with E-state index in [-0.39, 0.29) is 5.91 Å². The van der Waals surface area contributed by atoms with E-state index in [0.29, 0.717) is 12.6 Å². The first-order valence-electron chi connectivity index (χ1n) is 6.84. The van der Waals surface area contributed by atoms with Crippen LogP contribution in [0.5, 0.6) is 0 Å². The third kappa shape index (κ3) is 3.78. The Hall–Kier alpha value is -1.39. The highest BCUT2D eigenvalue weighted by atomic mass is 16.2. The summed E-state index contributed by atoms with van der Waals surface area (Å²) in [4.78, 5) is 14.1. The number of likely N-dealkylation sites (N-methyl/N-ethyl adjacent to an activating group) is 1. The first-order chi connectivity index (χ1) is 9.06. The molecule has 0 aliphatic carbocycles. The Balaban J connectivity index is 1.88. The van der Waals surface area contributed by atoms with Gasteiger partial charge in [0.1, 0.15) is 0 Å². The van der Waals surface area contributed by atoms with E-state index in [1.807, 2.05) is 25.2 Å². The summed E-state index contributed by atoms with van der Waals surface area (Å²) in [6, 6.07) is 6.49. The minimum Gasteiger partial charge on any atom is -0.325 e. The Morgan fingerprint density at radius 3 is 2.84 bits per heavy atom. The molecular formula is C15H23N3O. The minimum atomic E-state index is 0.0534. The van der Waals surface area contributed by atoms with Crippen LogP contribution < -0.4 is 10.6 Å². The number of carbonyl (C=O) groups is 1. The molecule has 1 aliphatic heterocycles. The molecule has 1 aliphatic rings. The quantitative estimate of drug-likeness (QED) is 0.864. The van der Waals surface area contributed by atoms with Crippen molar-refractivity contribution in [2.45, 2.75) is 26.3 Å². The molecule has 0 aromatic heterocycles. The molecule has 1 amide bonds. The van der Waals surface area contributed by atoms with Gasteiger partial charge in [-0.05, 0) is 57.1 Å². The molecular weight excluding hydrogens is 238 g/mol. The zero-order valence-electron chi connectivity index (χ0n) is 12.0. The van der Waals surface area contributed by atoms with Gasteiger partial charge in [0.05, 0.1) is 6.54 Å². The van der Waals surface area contributed by atoms with Crippen molar-refractivity contribution in [3.8, 4) is 0 Å². The smallest absolute Gasteiger partial charge is 0.238 e. The van der Waals surface area contributed by atoms with Crippen molar-refractivity contribution >= 4 is 11.6 Å². The number of anilines is 1. The number of carbonyl (C=O) groups excluding carboxylic acids is 1. The van der Waals surface area contributed by atoms with E-state index in [1.54, 1.807) is 0 Å². The highest BCUT2D eigenvalue weighted by Gasteiger charge is 2.20. The predicted molar refractivity (Wildman–Crippen MR) is 78.5 cm³/mol. The molecule has 1 unspecified atom stereocenters. The van der Waals surface area contributed by atoms with Crippen LogP contribution in [0.3, 0.4) is 0 Å². The summed E-state index contributed by atoms with van der Waals surface area (Å²) in [5, 5.41) is 6.28. The number of nitrogens with zero attached hydrogens (tertiary/aromatic N) is 1. The number of amides is 1. The highest BCUT2D eigenvalue weighted by molar-refractivity contribution is 5.92. The van der Waals surface area contributed by atoms with E-state index in [4.69, 9.17) is 0 Å². The summed E-state index contributed by atoms with van der Waals surface area (Å²) in [5.41, 5.74) is 3.32. The molecule has 2 N–H and O–H groups in total. The Bertz CT molecular complexity index is 453. The summed E-state index contributed by atoms with van der Waals surface area (Å²) in [5.74, 6) is 0.0534. The molecule has 1 aromatic carbocycles. The number of aryl methyl sites for hydroxylation is 2. The topological polar surface area (TPSA) is 44.4 Å². The molecule has 2 rings (SSSR count). The maximum atomic E-state index is 12.0. The third-order valence-corrected chi connectivity index (χ3v) is 3.84. The molecule has 1 heterocycles. The molecule has 0 bridgehead atoms. The average molecular weight is 261 g/mol. The third-order valence-electron chi connectivity index (χ3n) is 3.84. The van der Waals surface area contributed by atoms with Crippen molar-refractivity contribution in [3.05, 3.63) is 29.3 Å². The number of nitrogens with one attached hydrogen (secondary N) is 2. The van der Waals surface area contributed by atoms with E-state index in [0.717, 1.165) is 25.2 Å². The second kappa shape index (κ2) is 6.17. The first kappa shape index (κ1) is 14.0. The molecule has 1 saturated heterocycles. The van der Waals surface area contributed by atoms with Crippen LogP contribution in [-0.4, -0.2) is 43.5 Å². The van der Waals surface area contributed by atoms with Gasteiger partial charge in [-0.15, -0.1) is 0 Å². The Morgan fingerprint density at radius 1 is 1.42 bits per heavy atom. The first-order valence-corrected chi connectivity index (χ1v) is 6.84. The van der Waals surface area contributed by atoms with E-state index in [1.165, 1.54) is 11.1 Å². The van der Waals surface area contributed by atoms with E-state index >= 15 is 0 Å². The maximum absolute atomic E-state index is 12.0. The number of benzene rings is 1. The summed E-state index contributed by atoms with van der Waals surface area (Å²) in [7, 11) is 2.01. The van der Waals surface area contributed by atoms with Crippen molar-refractivity contribution in [1.29, 1.82) is 0 Å². The number of hydrogen-bond acceptors (Lipinski definition) is 3. The summed E-state index contributed by atoms with van der Waals surface area (Å²) < 4.78 is 0. The fraction of sp³-hybridized carbons (Fsp3) is 0.533. The largest absolute Gasteiger partial charge is 0.325 e. The molecule has 0 saturated carbocycles. The minimum absolute atomic E-state index is 0.0534. The zero-order valence-corrected chi connectivity index (χ0v) is 12.0. The van der Waals surface area contributed by atoms with Gasteiger partial charge in [0.25, 0.3) is 0 Å². The maximum Gasteiger partial charge on any atom is 0.238 e. The van der Waals surface area contributed by atoms with Gasteiger partial charge in [-0.25, -0.2) is 0 Å². The second-order valence-corrected chi connectivity index (χ2v) is 5.41. The molecule has 1 aromatic rings. The van der Waals surface area contributed by atoms with Crippen LogP contribution in [0.25, 0.3) is 0 Å². The molecule has 0 radical (unpaired) electrons. The van der Waals surface area contributed by atoms with E-state index in [2.05, 4.69) is 29.4 Å². The molecule has 104 valence electrons. The normalized spacial score (nSPS) is 18.8. The lowest BCUT2D eigenvalue weighted by molar-refractivity contribution is -0.117. The van der Waals surface area contributed by atoms with Gasteiger partial charge in [-0.3, -0.25) is 9.69 Å². The average Bonchev–Trinajstić information content (AvgIpc) is 2.87. The van der Waals surface area contributed by atoms with Crippen molar-refractivity contribution in [2.75, 3.05) is 32.0 Å². The van der Waals surface area contributed by atoms with Crippen molar-refractivity contribution in [3.63, 3.8) is 0 Å². The van der Waals surface area contributed by atoms with E-state index < -0.39 is 0 Å². The molecule has 19 heavy (non-hydrogen) atoms. The van der Waals surface area contributed by atoms with Crippen molar-refractivity contribution in [2.24, 2.45) is 0 Å². The van der Waals surface area contributed by atoms with Crippen LogP contribution in [0.2, 0.25) is 0 Å². The van der Waals surface area contributed by atoms with Gasteiger partial charge in [-0.2, -0.15) is 0 Å². The van der Waals surface area contributed by atoms with Crippen LogP contribution in [-0.2, 0) is 4.79 Å². The monoisotopic (exact) mass is 261 g/mol.